The van der Waals surface area contributed by atoms with Crippen molar-refractivity contribution in [2.45, 2.75) is 89.3 Å². The first kappa shape index (κ1) is 23.2. The molecule has 1 aliphatic carbocycles. The van der Waals surface area contributed by atoms with E-state index in [2.05, 4.69) is 42.2 Å². The molecule has 34 heavy (non-hydrogen) atoms. The van der Waals surface area contributed by atoms with Gasteiger partial charge >= 0.3 is 5.97 Å². The van der Waals surface area contributed by atoms with Crippen molar-refractivity contribution in [1.82, 2.24) is 4.90 Å². The topological polar surface area (TPSA) is 73.6 Å². The van der Waals surface area contributed by atoms with Gasteiger partial charge in [0.25, 0.3) is 0 Å². The quantitative estimate of drug-likeness (QED) is 0.578. The van der Waals surface area contributed by atoms with Crippen molar-refractivity contribution in [3.63, 3.8) is 0 Å². The van der Waals surface area contributed by atoms with Crippen LogP contribution in [0.15, 0.2) is 30.3 Å². The number of hydrogen-bond acceptors (Lipinski definition) is 4. The van der Waals surface area contributed by atoms with E-state index in [1.807, 2.05) is 6.07 Å². The van der Waals surface area contributed by atoms with E-state index < -0.39 is 5.97 Å². The average Bonchev–Trinajstić information content (AvgIpc) is 2.83. The van der Waals surface area contributed by atoms with Gasteiger partial charge in [0.2, 0.25) is 0 Å². The first-order valence-corrected chi connectivity index (χ1v) is 13.1. The molecule has 2 aliphatic heterocycles. The van der Waals surface area contributed by atoms with Crippen LogP contribution in [0.25, 0.3) is 10.8 Å². The Bertz CT molecular complexity index is 1070. The Labute approximate surface area is 202 Å². The summed E-state index contributed by atoms with van der Waals surface area (Å²) in [5, 5.41) is 21.6. The molecule has 1 saturated carbocycles. The molecule has 5 heteroatoms. The summed E-state index contributed by atoms with van der Waals surface area (Å²) in [6, 6.07) is 13.7. The van der Waals surface area contributed by atoms with Crippen LogP contribution in [0.2, 0.25) is 0 Å². The third-order valence-electron chi connectivity index (χ3n) is 8.55. The maximum absolute atomic E-state index is 11.6. The molecule has 2 aromatic carbocycles. The minimum atomic E-state index is -0.629. The van der Waals surface area contributed by atoms with Gasteiger partial charge in [-0.05, 0) is 86.8 Å². The minimum absolute atomic E-state index is 0.184. The van der Waals surface area contributed by atoms with Gasteiger partial charge in [0.15, 0.2) is 0 Å². The highest BCUT2D eigenvalue weighted by molar-refractivity contribution is 5.90. The molecular weight excluding hydrogens is 424 g/mol. The number of rotatable bonds is 6. The number of hydrogen-bond donors (Lipinski definition) is 1. The normalized spacial score (nSPS) is 29.5. The van der Waals surface area contributed by atoms with Crippen molar-refractivity contribution in [2.75, 3.05) is 6.54 Å². The van der Waals surface area contributed by atoms with Crippen LogP contribution in [0.4, 0.5) is 0 Å². The van der Waals surface area contributed by atoms with E-state index in [1.54, 1.807) is 0 Å². The third kappa shape index (κ3) is 4.79. The van der Waals surface area contributed by atoms with Crippen molar-refractivity contribution in [2.24, 2.45) is 11.8 Å². The van der Waals surface area contributed by atoms with Crippen molar-refractivity contribution in [3.8, 4) is 11.8 Å². The van der Waals surface area contributed by atoms with E-state index in [1.165, 1.54) is 24.8 Å². The smallest absolute Gasteiger partial charge is 0.306 e. The molecule has 180 valence electrons. The predicted octanol–water partition coefficient (Wildman–Crippen LogP) is 5.93. The van der Waals surface area contributed by atoms with Crippen LogP contribution in [0.1, 0.15) is 75.8 Å². The second kappa shape index (κ2) is 9.96. The molecule has 5 nitrogen and oxygen atoms in total. The summed E-state index contributed by atoms with van der Waals surface area (Å²) < 4.78 is 6.33. The molecule has 2 heterocycles. The molecular formula is C29H36N2O3. The van der Waals surface area contributed by atoms with Gasteiger partial charge in [-0.2, -0.15) is 5.26 Å². The molecule has 5 rings (SSSR count). The molecule has 3 aliphatic rings. The lowest BCUT2D eigenvalue weighted by atomic mass is 9.78. The molecule has 0 radical (unpaired) electrons. The lowest BCUT2D eigenvalue weighted by Crippen LogP contribution is -2.53. The lowest BCUT2D eigenvalue weighted by molar-refractivity contribution is -0.146. The Hall–Kier alpha value is -2.58. The Kier molecular flexibility index (Phi) is 6.79. The number of aliphatic carboxylic acids is 1. The second-order valence-corrected chi connectivity index (χ2v) is 10.8. The molecule has 2 bridgehead atoms. The number of piperidine rings is 2. The zero-order valence-electron chi connectivity index (χ0n) is 20.2. The van der Waals surface area contributed by atoms with Crippen molar-refractivity contribution in [1.29, 1.82) is 5.26 Å². The van der Waals surface area contributed by atoms with Crippen LogP contribution >= 0.6 is 0 Å². The Morgan fingerprint density at radius 1 is 1.09 bits per heavy atom. The van der Waals surface area contributed by atoms with Crippen LogP contribution in [-0.4, -0.2) is 40.7 Å². The van der Waals surface area contributed by atoms with Crippen LogP contribution < -0.4 is 4.74 Å². The number of nitrogens with zero attached hydrogens (tertiary/aromatic N) is 2. The highest BCUT2D eigenvalue weighted by Crippen LogP contribution is 2.37. The number of nitriles is 1. The van der Waals surface area contributed by atoms with Crippen LogP contribution in [0.5, 0.6) is 5.75 Å². The van der Waals surface area contributed by atoms with E-state index in [-0.39, 0.29) is 12.0 Å². The van der Waals surface area contributed by atoms with Gasteiger partial charge < -0.3 is 9.84 Å². The summed E-state index contributed by atoms with van der Waals surface area (Å²) >= 11 is 0. The van der Waals surface area contributed by atoms with Crippen molar-refractivity contribution in [3.05, 3.63) is 41.5 Å². The van der Waals surface area contributed by atoms with Gasteiger partial charge in [0, 0.05) is 24.0 Å². The van der Waals surface area contributed by atoms with E-state index in [9.17, 15) is 15.2 Å². The molecule has 2 saturated heterocycles. The molecule has 2 aromatic rings. The van der Waals surface area contributed by atoms with E-state index in [0.29, 0.717) is 17.6 Å². The highest BCUT2D eigenvalue weighted by Gasteiger charge is 2.40. The molecule has 3 fully saturated rings. The maximum atomic E-state index is 11.6. The van der Waals surface area contributed by atoms with Crippen LogP contribution in [0, 0.1) is 23.2 Å². The fourth-order valence-corrected chi connectivity index (χ4v) is 6.55. The summed E-state index contributed by atoms with van der Waals surface area (Å²) in [5.41, 5.74) is 1.88. The summed E-state index contributed by atoms with van der Waals surface area (Å²) in [5.74, 6) is 0.674. The fourth-order valence-electron chi connectivity index (χ4n) is 6.55. The van der Waals surface area contributed by atoms with E-state index in [4.69, 9.17) is 4.74 Å². The highest BCUT2D eigenvalue weighted by atomic mass is 16.5. The van der Waals surface area contributed by atoms with Gasteiger partial charge in [-0.25, -0.2) is 0 Å². The first-order chi connectivity index (χ1) is 16.5. The number of benzene rings is 2. The SMILES string of the molecule is C[C@H]1CC[C@@H](Oc2ccc3ccc(CCN4C5CCCC4CC(C(=O)O)C5)cc3c2C#N)CC1. The standard InChI is InChI=1S/C29H36N2O3/c1-19-5-10-25(11-6-19)34-28-12-9-21-8-7-20(15-26(21)27(28)18-30)13-14-31-23-3-2-4-24(31)17-22(16-23)29(32)33/h7-9,12,15,19,22-25H,2-6,10-11,13-14,16-17H2,1H3,(H,32,33)/t19-,22?,23?,24?,25+. The van der Waals surface area contributed by atoms with Gasteiger partial charge in [-0.15, -0.1) is 0 Å². The van der Waals surface area contributed by atoms with Crippen LogP contribution in [-0.2, 0) is 11.2 Å². The molecule has 2 atom stereocenters. The molecule has 0 amide bonds. The molecule has 1 N–H and O–H groups in total. The number of fused-ring (bicyclic) bond motifs is 3. The Morgan fingerprint density at radius 2 is 1.79 bits per heavy atom. The van der Waals surface area contributed by atoms with Crippen molar-refractivity contribution < 1.29 is 14.6 Å². The lowest BCUT2D eigenvalue weighted by Gasteiger charge is -2.48. The maximum Gasteiger partial charge on any atom is 0.306 e. The van der Waals surface area contributed by atoms with Crippen LogP contribution in [0.3, 0.4) is 0 Å². The number of carboxylic acids is 1. The van der Waals surface area contributed by atoms with Gasteiger partial charge in [-0.1, -0.05) is 31.5 Å². The zero-order valence-corrected chi connectivity index (χ0v) is 20.2. The first-order valence-electron chi connectivity index (χ1n) is 13.1. The van der Waals surface area contributed by atoms with Crippen molar-refractivity contribution >= 4 is 16.7 Å². The van der Waals surface area contributed by atoms with Gasteiger partial charge in [0.1, 0.15) is 17.4 Å². The number of ether oxygens (including phenoxy) is 1. The average molecular weight is 461 g/mol. The Balaban J connectivity index is 1.31. The zero-order chi connectivity index (χ0) is 23.7. The van der Waals surface area contributed by atoms with Gasteiger partial charge in [-0.3, -0.25) is 9.69 Å². The summed E-state index contributed by atoms with van der Waals surface area (Å²) in [7, 11) is 0. The molecule has 2 unspecified atom stereocenters. The largest absolute Gasteiger partial charge is 0.489 e. The third-order valence-corrected chi connectivity index (χ3v) is 8.55. The number of carboxylic acid groups (broad SMARTS) is 1. The monoisotopic (exact) mass is 460 g/mol. The molecule has 0 aromatic heterocycles. The predicted molar refractivity (Wildman–Crippen MR) is 133 cm³/mol. The summed E-state index contributed by atoms with van der Waals surface area (Å²) in [6.45, 7) is 3.25. The number of carbonyl (C=O) groups is 1. The fraction of sp³-hybridized carbons (Fsp3) is 0.586. The summed E-state index contributed by atoms with van der Waals surface area (Å²) in [4.78, 5) is 14.1. The van der Waals surface area contributed by atoms with E-state index in [0.717, 1.165) is 73.9 Å². The second-order valence-electron chi connectivity index (χ2n) is 10.8. The van der Waals surface area contributed by atoms with Gasteiger partial charge in [0.05, 0.1) is 12.0 Å². The Morgan fingerprint density at radius 3 is 2.47 bits per heavy atom. The van der Waals surface area contributed by atoms with E-state index >= 15 is 0 Å². The molecule has 0 spiro atoms. The minimum Gasteiger partial charge on any atom is -0.489 e. The summed E-state index contributed by atoms with van der Waals surface area (Å²) in [6.07, 6.45) is 10.6.